The average molecular weight is 640 g/mol. The van der Waals surface area contributed by atoms with Crippen molar-refractivity contribution in [2.45, 2.75) is 0 Å². The lowest BCUT2D eigenvalue weighted by Gasteiger charge is -2.11. The highest BCUT2D eigenvalue weighted by Crippen LogP contribution is 2.44. The molecule has 0 saturated carbocycles. The van der Waals surface area contributed by atoms with E-state index in [1.165, 1.54) is 26.9 Å². The predicted molar refractivity (Wildman–Crippen MR) is 203 cm³/mol. The second-order valence-electron chi connectivity index (χ2n) is 12.7. The summed E-state index contributed by atoms with van der Waals surface area (Å²) in [5, 5.41) is 11.2. The monoisotopic (exact) mass is 639 g/mol. The van der Waals surface area contributed by atoms with Gasteiger partial charge >= 0.3 is 0 Å². The highest BCUT2D eigenvalue weighted by Gasteiger charge is 2.22. The van der Waals surface area contributed by atoms with Gasteiger partial charge in [-0.05, 0) is 51.2 Å². The first-order chi connectivity index (χ1) is 24.8. The number of benzene rings is 8. The Kier molecular flexibility index (Phi) is 5.60. The maximum atomic E-state index is 6.82. The minimum Gasteiger partial charge on any atom is -0.455 e. The molecule has 0 aliphatic carbocycles. The van der Waals surface area contributed by atoms with E-state index in [1.807, 2.05) is 72.8 Å². The predicted octanol–water partition coefficient (Wildman–Crippen LogP) is 12.1. The Hall–Kier alpha value is -6.85. The van der Waals surface area contributed by atoms with Crippen molar-refractivity contribution in [3.05, 3.63) is 152 Å². The third-order valence-corrected chi connectivity index (χ3v) is 9.92. The van der Waals surface area contributed by atoms with E-state index in [2.05, 4.69) is 78.9 Å². The van der Waals surface area contributed by atoms with Crippen LogP contribution in [0.2, 0.25) is 0 Å². The molecule has 0 amide bonds. The molecule has 0 fully saturated rings. The number of hydrogen-bond acceptors (Lipinski definition) is 5. The quantitative estimate of drug-likeness (QED) is 0.180. The maximum absolute atomic E-state index is 6.82. The summed E-state index contributed by atoms with van der Waals surface area (Å²) in [6.07, 6.45) is 0. The van der Waals surface area contributed by atoms with Gasteiger partial charge in [-0.15, -0.1) is 0 Å². The Morgan fingerprint density at radius 3 is 1.62 bits per heavy atom. The van der Waals surface area contributed by atoms with Crippen LogP contribution in [0.25, 0.3) is 110 Å². The number of para-hydroxylation sites is 2. The summed E-state index contributed by atoms with van der Waals surface area (Å²) in [5.74, 6) is 1.70. The lowest BCUT2D eigenvalue weighted by Crippen LogP contribution is -2.00. The zero-order valence-corrected chi connectivity index (χ0v) is 26.6. The van der Waals surface area contributed by atoms with E-state index in [0.29, 0.717) is 17.5 Å². The summed E-state index contributed by atoms with van der Waals surface area (Å²) in [5.41, 5.74) is 5.82. The topological polar surface area (TPSA) is 65.0 Å². The molecule has 8 aromatic carbocycles. The minimum absolute atomic E-state index is 0.547. The lowest BCUT2D eigenvalue weighted by molar-refractivity contribution is 0.669. The molecule has 5 nitrogen and oxygen atoms in total. The molecule has 3 aromatic heterocycles. The number of furan rings is 2. The fourth-order valence-electron chi connectivity index (χ4n) is 7.71. The van der Waals surface area contributed by atoms with Crippen LogP contribution in [0.3, 0.4) is 0 Å². The number of aromatic nitrogens is 3. The van der Waals surface area contributed by atoms with Gasteiger partial charge in [-0.1, -0.05) is 127 Å². The zero-order chi connectivity index (χ0) is 32.8. The van der Waals surface area contributed by atoms with Crippen molar-refractivity contribution in [2.75, 3.05) is 0 Å². The van der Waals surface area contributed by atoms with Gasteiger partial charge in [0.05, 0.1) is 5.56 Å². The van der Waals surface area contributed by atoms with Gasteiger partial charge in [-0.2, -0.15) is 0 Å². The number of rotatable bonds is 3. The molecule has 50 heavy (non-hydrogen) atoms. The van der Waals surface area contributed by atoms with Crippen molar-refractivity contribution >= 4 is 76.2 Å². The molecule has 11 rings (SSSR count). The molecule has 5 heteroatoms. The lowest BCUT2D eigenvalue weighted by atomic mass is 9.93. The SMILES string of the molecule is c1ccc(-c2nc(-c3cccc4c3oc3ccccc34)nc(-c3cccc4oc5c(ccc6c7ccccc7c7ccccc7c65)c34)n2)cc1. The normalized spacial score (nSPS) is 12.0. The fraction of sp³-hybridized carbons (Fsp3) is 0. The fourth-order valence-corrected chi connectivity index (χ4v) is 7.71. The largest absolute Gasteiger partial charge is 0.455 e. The first kappa shape index (κ1) is 27.1. The van der Waals surface area contributed by atoms with Crippen molar-refractivity contribution in [3.8, 4) is 34.2 Å². The molecule has 0 unspecified atom stereocenters. The van der Waals surface area contributed by atoms with E-state index in [0.717, 1.165) is 66.0 Å². The molecule has 11 aromatic rings. The van der Waals surface area contributed by atoms with E-state index in [-0.39, 0.29) is 0 Å². The number of fused-ring (bicyclic) bond motifs is 13. The molecule has 0 atom stereocenters. The van der Waals surface area contributed by atoms with Gasteiger partial charge in [0.15, 0.2) is 17.5 Å². The molecule has 0 saturated heterocycles. The molecule has 0 N–H and O–H groups in total. The van der Waals surface area contributed by atoms with Gasteiger partial charge in [0.2, 0.25) is 0 Å². The highest BCUT2D eigenvalue weighted by atomic mass is 16.3. The molecular formula is C45H25N3O2. The summed E-state index contributed by atoms with van der Waals surface area (Å²) in [4.78, 5) is 15.4. The Labute approximate surface area is 285 Å². The van der Waals surface area contributed by atoms with E-state index in [4.69, 9.17) is 23.8 Å². The van der Waals surface area contributed by atoms with E-state index in [9.17, 15) is 0 Å². The van der Waals surface area contributed by atoms with Crippen LogP contribution < -0.4 is 0 Å². The summed E-state index contributed by atoms with van der Waals surface area (Å²) in [7, 11) is 0. The van der Waals surface area contributed by atoms with Gasteiger partial charge in [0, 0.05) is 38.1 Å². The Bertz CT molecular complexity index is 3120. The van der Waals surface area contributed by atoms with Crippen molar-refractivity contribution in [2.24, 2.45) is 0 Å². The first-order valence-corrected chi connectivity index (χ1v) is 16.7. The van der Waals surface area contributed by atoms with Crippen molar-refractivity contribution in [1.82, 2.24) is 15.0 Å². The smallest absolute Gasteiger partial charge is 0.167 e. The van der Waals surface area contributed by atoms with Crippen LogP contribution in [0, 0.1) is 0 Å². The molecule has 232 valence electrons. The van der Waals surface area contributed by atoms with E-state index in [1.54, 1.807) is 0 Å². The Morgan fingerprint density at radius 2 is 0.820 bits per heavy atom. The van der Waals surface area contributed by atoms with Gasteiger partial charge in [-0.3, -0.25) is 0 Å². The minimum atomic E-state index is 0.547. The van der Waals surface area contributed by atoms with E-state index >= 15 is 0 Å². The van der Waals surface area contributed by atoms with Gasteiger partial charge < -0.3 is 8.83 Å². The van der Waals surface area contributed by atoms with Crippen LogP contribution in [-0.2, 0) is 0 Å². The third kappa shape index (κ3) is 3.86. The van der Waals surface area contributed by atoms with Crippen LogP contribution in [0.4, 0.5) is 0 Å². The van der Waals surface area contributed by atoms with Gasteiger partial charge in [0.1, 0.15) is 22.3 Å². The molecular weight excluding hydrogens is 615 g/mol. The zero-order valence-electron chi connectivity index (χ0n) is 26.6. The average Bonchev–Trinajstić information content (AvgIpc) is 3.77. The van der Waals surface area contributed by atoms with Crippen LogP contribution in [-0.4, -0.2) is 15.0 Å². The Morgan fingerprint density at radius 1 is 0.300 bits per heavy atom. The molecule has 0 aliphatic heterocycles. The molecule has 3 heterocycles. The summed E-state index contributed by atoms with van der Waals surface area (Å²) < 4.78 is 13.3. The number of nitrogens with zero attached hydrogens (tertiary/aromatic N) is 3. The van der Waals surface area contributed by atoms with Gasteiger partial charge in [-0.25, -0.2) is 15.0 Å². The second-order valence-corrected chi connectivity index (χ2v) is 12.7. The maximum Gasteiger partial charge on any atom is 0.167 e. The molecule has 0 spiro atoms. The van der Waals surface area contributed by atoms with Crippen molar-refractivity contribution < 1.29 is 8.83 Å². The number of hydrogen-bond donors (Lipinski definition) is 0. The molecule has 0 bridgehead atoms. The summed E-state index contributed by atoms with van der Waals surface area (Å²) in [6, 6.07) is 52.0. The summed E-state index contributed by atoms with van der Waals surface area (Å²) in [6.45, 7) is 0. The Balaban J connectivity index is 1.22. The van der Waals surface area contributed by atoms with Crippen LogP contribution in [0.15, 0.2) is 160 Å². The van der Waals surface area contributed by atoms with Crippen LogP contribution in [0.5, 0.6) is 0 Å². The summed E-state index contributed by atoms with van der Waals surface area (Å²) >= 11 is 0. The standard InChI is InChI=1S/C45H25N3O2/c1-2-12-26(13-3-1)43-46-44(48-45(47-43)36-21-10-19-33-30-17-8-9-22-37(30)49-41(33)36)35-20-11-23-38-39(35)34-25-24-32-29-16-5-4-14-27(29)28-15-6-7-18-31(28)40(32)42(34)50-38/h1-25H. The first-order valence-electron chi connectivity index (χ1n) is 16.7. The third-order valence-electron chi connectivity index (χ3n) is 9.92. The second kappa shape index (κ2) is 10.3. The van der Waals surface area contributed by atoms with E-state index < -0.39 is 0 Å². The molecule has 0 radical (unpaired) electrons. The van der Waals surface area contributed by atoms with Crippen molar-refractivity contribution in [3.63, 3.8) is 0 Å². The van der Waals surface area contributed by atoms with Crippen LogP contribution in [0.1, 0.15) is 0 Å². The van der Waals surface area contributed by atoms with Crippen LogP contribution >= 0.6 is 0 Å². The van der Waals surface area contributed by atoms with Gasteiger partial charge in [0.25, 0.3) is 0 Å². The van der Waals surface area contributed by atoms with Crippen molar-refractivity contribution in [1.29, 1.82) is 0 Å². The highest BCUT2D eigenvalue weighted by molar-refractivity contribution is 6.32. The molecule has 0 aliphatic rings.